The quantitative estimate of drug-likeness (QED) is 0.835. The fourth-order valence-corrected chi connectivity index (χ4v) is 2.85. The molecule has 0 saturated carbocycles. The van der Waals surface area contributed by atoms with Crippen LogP contribution in [0.3, 0.4) is 0 Å². The zero-order chi connectivity index (χ0) is 13.8. The maximum atomic E-state index is 11.4. The molecule has 1 aliphatic rings. The van der Waals surface area contributed by atoms with Crippen molar-refractivity contribution in [3.8, 4) is 0 Å². The number of hydrogen-bond donors (Lipinski definition) is 2. The van der Waals surface area contributed by atoms with E-state index < -0.39 is 0 Å². The maximum Gasteiger partial charge on any atom is 0.228 e. The van der Waals surface area contributed by atoms with E-state index in [1.165, 1.54) is 12.8 Å². The van der Waals surface area contributed by atoms with Gasteiger partial charge >= 0.3 is 0 Å². The lowest BCUT2D eigenvalue weighted by molar-refractivity contribution is -0.115. The summed E-state index contributed by atoms with van der Waals surface area (Å²) in [5, 5.41) is 7.06. The van der Waals surface area contributed by atoms with Crippen molar-refractivity contribution in [2.75, 3.05) is 11.9 Å². The molecule has 0 radical (unpaired) electrons. The molecule has 3 nitrogen and oxygen atoms in total. The van der Waals surface area contributed by atoms with Crippen molar-refractivity contribution in [2.24, 2.45) is 0 Å². The molecule has 4 heteroatoms. The molecule has 2 N–H and O–H groups in total. The van der Waals surface area contributed by atoms with Gasteiger partial charge < -0.3 is 10.6 Å². The molecule has 0 saturated heterocycles. The van der Waals surface area contributed by atoms with Gasteiger partial charge in [0.05, 0.1) is 6.42 Å². The van der Waals surface area contributed by atoms with E-state index in [2.05, 4.69) is 30.5 Å². The summed E-state index contributed by atoms with van der Waals surface area (Å²) in [5.41, 5.74) is 3.04. The third-order valence-electron chi connectivity index (χ3n) is 3.52. The molecule has 0 bridgehead atoms. The van der Waals surface area contributed by atoms with Gasteiger partial charge in [0.15, 0.2) is 0 Å². The smallest absolute Gasteiger partial charge is 0.228 e. The number of carbonyl (C=O) groups is 1. The third-order valence-corrected chi connectivity index (χ3v) is 3.85. The molecule has 1 aromatic carbocycles. The van der Waals surface area contributed by atoms with Gasteiger partial charge in [-0.1, -0.05) is 44.4 Å². The molecular formula is C15H21ClN2O. The van der Waals surface area contributed by atoms with Crippen LogP contribution in [-0.2, 0) is 11.2 Å². The van der Waals surface area contributed by atoms with E-state index in [1.54, 1.807) is 0 Å². The molecular weight excluding hydrogens is 260 g/mol. The van der Waals surface area contributed by atoms with E-state index in [1.807, 2.05) is 6.07 Å². The first kappa shape index (κ1) is 14.4. The van der Waals surface area contributed by atoms with Gasteiger partial charge in [-0.2, -0.15) is 0 Å². The van der Waals surface area contributed by atoms with Gasteiger partial charge in [0.1, 0.15) is 0 Å². The van der Waals surface area contributed by atoms with Gasteiger partial charge in [0, 0.05) is 16.8 Å². The second kappa shape index (κ2) is 6.40. The minimum Gasteiger partial charge on any atom is -0.325 e. The summed E-state index contributed by atoms with van der Waals surface area (Å²) in [6.07, 6.45) is 3.88. The molecule has 2 rings (SSSR count). The standard InChI is InChI=1S/C15H21ClN2O/c1-3-5-6-13(17-4-2)11-7-10-8-15(19)18-14(10)9-12(11)16/h7,9,13,17H,3-6,8H2,1-2H3,(H,18,19). The van der Waals surface area contributed by atoms with Crippen LogP contribution >= 0.6 is 11.6 Å². The van der Waals surface area contributed by atoms with E-state index in [0.29, 0.717) is 6.42 Å². The summed E-state index contributed by atoms with van der Waals surface area (Å²) in [5.74, 6) is 0.0526. The average Bonchev–Trinajstić information content (AvgIpc) is 2.73. The Labute approximate surface area is 119 Å². The lowest BCUT2D eigenvalue weighted by Gasteiger charge is -2.20. The van der Waals surface area contributed by atoms with E-state index in [-0.39, 0.29) is 11.9 Å². The summed E-state index contributed by atoms with van der Waals surface area (Å²) in [7, 11) is 0. The number of anilines is 1. The Morgan fingerprint density at radius 2 is 2.21 bits per heavy atom. The topological polar surface area (TPSA) is 41.1 Å². The number of nitrogens with one attached hydrogen (secondary N) is 2. The summed E-state index contributed by atoms with van der Waals surface area (Å²) in [6.45, 7) is 5.21. The number of rotatable bonds is 6. The van der Waals surface area contributed by atoms with Gasteiger partial charge in [0.2, 0.25) is 5.91 Å². The second-order valence-corrected chi connectivity index (χ2v) is 5.42. The third kappa shape index (κ3) is 3.28. The van der Waals surface area contributed by atoms with Crippen LogP contribution in [0.2, 0.25) is 5.02 Å². The van der Waals surface area contributed by atoms with Crippen molar-refractivity contribution >= 4 is 23.2 Å². The highest BCUT2D eigenvalue weighted by atomic mass is 35.5. The fraction of sp³-hybridized carbons (Fsp3) is 0.533. The molecule has 1 unspecified atom stereocenters. The van der Waals surface area contributed by atoms with Gasteiger partial charge in [0.25, 0.3) is 0 Å². The molecule has 1 heterocycles. The minimum absolute atomic E-state index is 0.0526. The van der Waals surface area contributed by atoms with Crippen molar-refractivity contribution in [3.05, 3.63) is 28.3 Å². The Kier molecular flexibility index (Phi) is 4.83. The lowest BCUT2D eigenvalue weighted by atomic mass is 9.98. The van der Waals surface area contributed by atoms with E-state index in [9.17, 15) is 4.79 Å². The Balaban J connectivity index is 2.27. The number of benzene rings is 1. The molecule has 19 heavy (non-hydrogen) atoms. The molecule has 0 aromatic heterocycles. The Hall–Kier alpha value is -1.06. The fourth-order valence-electron chi connectivity index (χ4n) is 2.56. The van der Waals surface area contributed by atoms with Crippen molar-refractivity contribution in [1.82, 2.24) is 5.32 Å². The van der Waals surface area contributed by atoms with Crippen LogP contribution in [-0.4, -0.2) is 12.5 Å². The summed E-state index contributed by atoms with van der Waals surface area (Å²) in [4.78, 5) is 11.4. The van der Waals surface area contributed by atoms with Crippen LogP contribution in [0.15, 0.2) is 12.1 Å². The minimum atomic E-state index is 0.0526. The molecule has 0 spiro atoms. The SMILES string of the molecule is CCCCC(NCC)c1cc2c(cc1Cl)NC(=O)C2. The van der Waals surface area contributed by atoms with Gasteiger partial charge in [-0.3, -0.25) is 4.79 Å². The van der Waals surface area contributed by atoms with Gasteiger partial charge in [-0.25, -0.2) is 0 Å². The Morgan fingerprint density at radius 3 is 2.89 bits per heavy atom. The average molecular weight is 281 g/mol. The first-order valence-corrected chi connectivity index (χ1v) is 7.39. The lowest BCUT2D eigenvalue weighted by Crippen LogP contribution is -2.21. The predicted molar refractivity (Wildman–Crippen MR) is 79.7 cm³/mol. The number of hydrogen-bond acceptors (Lipinski definition) is 2. The number of halogens is 1. The zero-order valence-corrected chi connectivity index (χ0v) is 12.3. The first-order chi connectivity index (χ1) is 9.15. The normalized spacial score (nSPS) is 15.2. The number of amides is 1. The number of carbonyl (C=O) groups excluding carboxylic acids is 1. The molecule has 1 amide bonds. The molecule has 1 atom stereocenters. The van der Waals surface area contributed by atoms with Crippen LogP contribution in [0.4, 0.5) is 5.69 Å². The molecule has 0 fully saturated rings. The second-order valence-electron chi connectivity index (χ2n) is 5.01. The van der Waals surface area contributed by atoms with Crippen LogP contribution in [0.1, 0.15) is 50.3 Å². The molecule has 0 aliphatic carbocycles. The van der Waals surface area contributed by atoms with Gasteiger partial charge in [-0.05, 0) is 30.2 Å². The molecule has 104 valence electrons. The van der Waals surface area contributed by atoms with Crippen LogP contribution in [0.5, 0.6) is 0 Å². The Bertz CT molecular complexity index is 473. The first-order valence-electron chi connectivity index (χ1n) is 7.01. The zero-order valence-electron chi connectivity index (χ0n) is 11.6. The molecule has 1 aromatic rings. The van der Waals surface area contributed by atoms with Crippen molar-refractivity contribution in [2.45, 2.75) is 45.6 Å². The van der Waals surface area contributed by atoms with Crippen molar-refractivity contribution in [1.29, 1.82) is 0 Å². The van der Waals surface area contributed by atoms with E-state index in [0.717, 1.165) is 34.8 Å². The monoisotopic (exact) mass is 280 g/mol. The maximum absolute atomic E-state index is 11.4. The highest BCUT2D eigenvalue weighted by Gasteiger charge is 2.22. The molecule has 1 aliphatic heterocycles. The van der Waals surface area contributed by atoms with Crippen LogP contribution in [0.25, 0.3) is 0 Å². The highest BCUT2D eigenvalue weighted by molar-refractivity contribution is 6.32. The number of unbranched alkanes of at least 4 members (excludes halogenated alkanes) is 1. The van der Waals surface area contributed by atoms with E-state index in [4.69, 9.17) is 11.6 Å². The predicted octanol–water partition coefficient (Wildman–Crippen LogP) is 3.68. The Morgan fingerprint density at radius 1 is 1.42 bits per heavy atom. The van der Waals surface area contributed by atoms with Crippen molar-refractivity contribution in [3.63, 3.8) is 0 Å². The van der Waals surface area contributed by atoms with Gasteiger partial charge in [-0.15, -0.1) is 0 Å². The highest BCUT2D eigenvalue weighted by Crippen LogP contribution is 2.34. The number of fused-ring (bicyclic) bond motifs is 1. The van der Waals surface area contributed by atoms with Crippen LogP contribution < -0.4 is 10.6 Å². The summed E-state index contributed by atoms with van der Waals surface area (Å²) < 4.78 is 0. The van der Waals surface area contributed by atoms with Crippen molar-refractivity contribution < 1.29 is 4.79 Å². The summed E-state index contributed by atoms with van der Waals surface area (Å²) in [6, 6.07) is 4.24. The summed E-state index contributed by atoms with van der Waals surface area (Å²) >= 11 is 6.37. The van der Waals surface area contributed by atoms with E-state index >= 15 is 0 Å². The van der Waals surface area contributed by atoms with Crippen LogP contribution in [0, 0.1) is 0 Å². The largest absolute Gasteiger partial charge is 0.325 e.